The van der Waals surface area contributed by atoms with Gasteiger partial charge in [-0.15, -0.1) is 0 Å². The van der Waals surface area contributed by atoms with E-state index >= 15 is 0 Å². The highest BCUT2D eigenvalue weighted by atomic mass is 35.5. The number of carbonyl (C=O) groups is 1. The standard InChI is InChI=1S/C13H17Cl2NO4S/c1-9(11-6-5-10(14)8-12(11)15)16-21(18,19)7-3-4-13(17)20-2/h5-6,8-9,16H,3-4,7H2,1-2H3. The zero-order valence-electron chi connectivity index (χ0n) is 11.7. The second-order valence-corrected chi connectivity index (χ2v) is 7.22. The van der Waals surface area contributed by atoms with Gasteiger partial charge < -0.3 is 4.74 Å². The third kappa shape index (κ3) is 6.22. The van der Waals surface area contributed by atoms with Gasteiger partial charge in [0.25, 0.3) is 0 Å². The number of halogens is 2. The molecule has 0 heterocycles. The second kappa shape index (κ2) is 7.98. The largest absolute Gasteiger partial charge is 0.469 e. The van der Waals surface area contributed by atoms with E-state index in [0.29, 0.717) is 15.6 Å². The molecule has 1 aromatic rings. The summed E-state index contributed by atoms with van der Waals surface area (Å²) >= 11 is 11.8. The first kappa shape index (κ1) is 18.2. The topological polar surface area (TPSA) is 72.5 Å². The molecule has 1 rings (SSSR count). The maximum absolute atomic E-state index is 11.9. The van der Waals surface area contributed by atoms with Gasteiger partial charge in [-0.1, -0.05) is 29.3 Å². The number of hydrogen-bond acceptors (Lipinski definition) is 4. The Kier molecular flexibility index (Phi) is 6.93. The van der Waals surface area contributed by atoms with Crippen LogP contribution in [0, 0.1) is 0 Å². The van der Waals surface area contributed by atoms with Gasteiger partial charge in [-0.25, -0.2) is 13.1 Å². The Morgan fingerprint density at radius 3 is 2.62 bits per heavy atom. The van der Waals surface area contributed by atoms with Gasteiger partial charge in [-0.2, -0.15) is 0 Å². The van der Waals surface area contributed by atoms with E-state index in [0.717, 1.165) is 0 Å². The predicted octanol–water partition coefficient (Wildman–Crippen LogP) is 2.93. The number of benzene rings is 1. The first-order valence-corrected chi connectivity index (χ1v) is 8.68. The van der Waals surface area contributed by atoms with Crippen LogP contribution in [0.15, 0.2) is 18.2 Å². The lowest BCUT2D eigenvalue weighted by atomic mass is 10.1. The molecule has 0 aromatic heterocycles. The molecule has 0 saturated carbocycles. The molecule has 8 heteroatoms. The fourth-order valence-electron chi connectivity index (χ4n) is 1.75. The molecular formula is C13H17Cl2NO4S. The molecule has 0 aliphatic rings. The van der Waals surface area contributed by atoms with E-state index in [1.807, 2.05) is 0 Å². The van der Waals surface area contributed by atoms with E-state index in [2.05, 4.69) is 9.46 Å². The Bertz CT molecular complexity index is 604. The Morgan fingerprint density at radius 1 is 1.38 bits per heavy atom. The van der Waals surface area contributed by atoms with Crippen LogP contribution in [-0.4, -0.2) is 27.2 Å². The van der Waals surface area contributed by atoms with Gasteiger partial charge >= 0.3 is 5.97 Å². The first-order chi connectivity index (χ1) is 9.75. The predicted molar refractivity (Wildman–Crippen MR) is 83.0 cm³/mol. The van der Waals surface area contributed by atoms with Crippen LogP contribution in [0.1, 0.15) is 31.4 Å². The number of nitrogens with one attached hydrogen (secondary N) is 1. The van der Waals surface area contributed by atoms with Crippen LogP contribution in [0.5, 0.6) is 0 Å². The molecule has 1 aromatic carbocycles. The van der Waals surface area contributed by atoms with E-state index in [-0.39, 0.29) is 18.6 Å². The van der Waals surface area contributed by atoms with E-state index in [1.165, 1.54) is 7.11 Å². The highest BCUT2D eigenvalue weighted by Crippen LogP contribution is 2.26. The molecule has 5 nitrogen and oxygen atoms in total. The molecule has 0 radical (unpaired) electrons. The summed E-state index contributed by atoms with van der Waals surface area (Å²) in [6.07, 6.45) is 0.260. The maximum Gasteiger partial charge on any atom is 0.305 e. The highest BCUT2D eigenvalue weighted by molar-refractivity contribution is 7.89. The molecule has 0 saturated heterocycles. The van der Waals surface area contributed by atoms with Crippen molar-refractivity contribution in [2.24, 2.45) is 0 Å². The average Bonchev–Trinajstić information content (AvgIpc) is 2.37. The summed E-state index contributed by atoms with van der Waals surface area (Å²) in [7, 11) is -2.25. The van der Waals surface area contributed by atoms with Crippen LogP contribution in [-0.2, 0) is 19.6 Å². The van der Waals surface area contributed by atoms with Crippen molar-refractivity contribution in [1.82, 2.24) is 4.72 Å². The Morgan fingerprint density at radius 2 is 2.05 bits per heavy atom. The third-order valence-electron chi connectivity index (χ3n) is 2.81. The summed E-state index contributed by atoms with van der Waals surface area (Å²) in [5.41, 5.74) is 0.637. The lowest BCUT2D eigenvalue weighted by Gasteiger charge is -2.16. The number of methoxy groups -OCH3 is 1. The SMILES string of the molecule is COC(=O)CCCS(=O)(=O)NC(C)c1ccc(Cl)cc1Cl. The van der Waals surface area contributed by atoms with Crippen LogP contribution in [0.25, 0.3) is 0 Å². The van der Waals surface area contributed by atoms with Crippen molar-refractivity contribution in [2.75, 3.05) is 12.9 Å². The number of sulfonamides is 1. The molecule has 21 heavy (non-hydrogen) atoms. The average molecular weight is 354 g/mol. The van der Waals surface area contributed by atoms with Crippen molar-refractivity contribution < 1.29 is 17.9 Å². The van der Waals surface area contributed by atoms with Crippen molar-refractivity contribution in [3.8, 4) is 0 Å². The fraction of sp³-hybridized carbons (Fsp3) is 0.462. The van der Waals surface area contributed by atoms with Crippen LogP contribution in [0.2, 0.25) is 10.0 Å². The zero-order chi connectivity index (χ0) is 16.0. The van der Waals surface area contributed by atoms with Crippen LogP contribution >= 0.6 is 23.2 Å². The van der Waals surface area contributed by atoms with E-state index in [9.17, 15) is 13.2 Å². The van der Waals surface area contributed by atoms with Crippen molar-refractivity contribution in [3.63, 3.8) is 0 Å². The van der Waals surface area contributed by atoms with E-state index in [4.69, 9.17) is 23.2 Å². The molecule has 0 aliphatic carbocycles. The van der Waals surface area contributed by atoms with Gasteiger partial charge in [0.1, 0.15) is 0 Å². The molecule has 0 spiro atoms. The number of rotatable bonds is 7. The zero-order valence-corrected chi connectivity index (χ0v) is 14.1. The summed E-state index contributed by atoms with van der Waals surface area (Å²) < 4.78 is 30.8. The fourth-order valence-corrected chi connectivity index (χ4v) is 3.63. The summed E-state index contributed by atoms with van der Waals surface area (Å²) in [6, 6.07) is 4.38. The van der Waals surface area contributed by atoms with Gasteiger partial charge in [0.05, 0.1) is 12.9 Å². The molecule has 1 N–H and O–H groups in total. The van der Waals surface area contributed by atoms with Gasteiger partial charge in [0.15, 0.2) is 0 Å². The normalized spacial score (nSPS) is 13.0. The number of ether oxygens (including phenoxy) is 1. The molecule has 0 amide bonds. The summed E-state index contributed by atoms with van der Waals surface area (Å²) in [4.78, 5) is 11.0. The van der Waals surface area contributed by atoms with Crippen LogP contribution in [0.4, 0.5) is 0 Å². The Balaban J connectivity index is 2.63. The lowest BCUT2D eigenvalue weighted by Crippen LogP contribution is -2.29. The summed E-state index contributed by atoms with van der Waals surface area (Å²) in [5.74, 6) is -0.587. The quantitative estimate of drug-likeness (QED) is 0.764. The maximum atomic E-state index is 11.9. The number of hydrogen-bond donors (Lipinski definition) is 1. The second-order valence-electron chi connectivity index (χ2n) is 4.50. The smallest absolute Gasteiger partial charge is 0.305 e. The van der Waals surface area contributed by atoms with Crippen molar-refractivity contribution in [2.45, 2.75) is 25.8 Å². The van der Waals surface area contributed by atoms with E-state index < -0.39 is 22.0 Å². The Hall–Kier alpha value is -0.820. The molecular weight excluding hydrogens is 337 g/mol. The summed E-state index contributed by atoms with van der Waals surface area (Å²) in [6.45, 7) is 1.69. The van der Waals surface area contributed by atoms with Gasteiger partial charge in [-0.3, -0.25) is 4.79 Å². The minimum Gasteiger partial charge on any atom is -0.469 e. The number of esters is 1. The van der Waals surface area contributed by atoms with Gasteiger partial charge in [0.2, 0.25) is 10.0 Å². The van der Waals surface area contributed by atoms with Crippen molar-refractivity contribution in [3.05, 3.63) is 33.8 Å². The highest BCUT2D eigenvalue weighted by Gasteiger charge is 2.18. The monoisotopic (exact) mass is 353 g/mol. The molecule has 1 atom stereocenters. The third-order valence-corrected chi connectivity index (χ3v) is 4.91. The molecule has 0 aliphatic heterocycles. The van der Waals surface area contributed by atoms with E-state index in [1.54, 1.807) is 25.1 Å². The van der Waals surface area contributed by atoms with Crippen molar-refractivity contribution >= 4 is 39.2 Å². The molecule has 1 unspecified atom stereocenters. The minimum absolute atomic E-state index is 0.0630. The van der Waals surface area contributed by atoms with Crippen LogP contribution < -0.4 is 4.72 Å². The Labute approximate surface area is 134 Å². The van der Waals surface area contributed by atoms with Gasteiger partial charge in [0, 0.05) is 22.5 Å². The molecule has 118 valence electrons. The molecule has 0 fully saturated rings. The summed E-state index contributed by atoms with van der Waals surface area (Å²) in [5, 5.41) is 0.879. The lowest BCUT2D eigenvalue weighted by molar-refractivity contribution is -0.140. The minimum atomic E-state index is -3.51. The first-order valence-electron chi connectivity index (χ1n) is 6.27. The molecule has 0 bridgehead atoms. The van der Waals surface area contributed by atoms with Crippen molar-refractivity contribution in [1.29, 1.82) is 0 Å². The van der Waals surface area contributed by atoms with Gasteiger partial charge in [-0.05, 0) is 31.0 Å². The van der Waals surface area contributed by atoms with Crippen LogP contribution in [0.3, 0.4) is 0 Å². The number of carbonyl (C=O) groups excluding carboxylic acids is 1.